The molecule has 18 heavy (non-hydrogen) atoms. The van der Waals surface area contributed by atoms with Crippen LogP contribution < -0.4 is 0 Å². The Labute approximate surface area is 107 Å². The van der Waals surface area contributed by atoms with E-state index in [1.54, 1.807) is 37.5 Å². The lowest BCUT2D eigenvalue weighted by Crippen LogP contribution is -2.38. The highest BCUT2D eigenvalue weighted by Crippen LogP contribution is 2.23. The summed E-state index contributed by atoms with van der Waals surface area (Å²) in [4.78, 5) is 27.3. The van der Waals surface area contributed by atoms with Gasteiger partial charge in [-0.05, 0) is 27.7 Å². The van der Waals surface area contributed by atoms with E-state index in [9.17, 15) is 9.59 Å². The van der Waals surface area contributed by atoms with Gasteiger partial charge in [-0.25, -0.2) is 0 Å². The zero-order chi connectivity index (χ0) is 13.6. The lowest BCUT2D eigenvalue weighted by atomic mass is 10.0. The minimum absolute atomic E-state index is 0.0266. The van der Waals surface area contributed by atoms with Crippen LogP contribution in [0.1, 0.15) is 27.7 Å². The molecule has 0 radical (unpaired) electrons. The van der Waals surface area contributed by atoms with Gasteiger partial charge < -0.3 is 9.80 Å². The van der Waals surface area contributed by atoms with Crippen LogP contribution in [0.15, 0.2) is 10.2 Å². The van der Waals surface area contributed by atoms with Crippen molar-refractivity contribution >= 4 is 11.8 Å². The van der Waals surface area contributed by atoms with Gasteiger partial charge in [-0.3, -0.25) is 9.59 Å². The van der Waals surface area contributed by atoms with E-state index in [4.69, 9.17) is 0 Å². The van der Waals surface area contributed by atoms with E-state index in [0.717, 1.165) is 26.2 Å². The van der Waals surface area contributed by atoms with Crippen molar-refractivity contribution in [2.75, 3.05) is 26.2 Å². The summed E-state index contributed by atoms with van der Waals surface area (Å²) in [7, 11) is 0. The molecule has 2 aliphatic heterocycles. The van der Waals surface area contributed by atoms with Gasteiger partial charge in [0.15, 0.2) is 11.1 Å². The zero-order valence-electron chi connectivity index (χ0n) is 11.4. The number of amides is 2. The van der Waals surface area contributed by atoms with Gasteiger partial charge in [-0.1, -0.05) is 0 Å². The molecule has 100 valence electrons. The minimum atomic E-state index is -0.882. The standard InChI is InChI=1S/C12H20N4O2/c1-11(2,9(17)15-5-6-15)13-14-12(3,4)10(18)16-7-8-16/h5-8H2,1-4H3. The molecule has 0 aromatic heterocycles. The predicted octanol–water partition coefficient (Wildman–Crippen LogP) is 0.680. The molecule has 0 bridgehead atoms. The third-order valence-electron chi connectivity index (χ3n) is 3.07. The summed E-state index contributed by atoms with van der Waals surface area (Å²) in [6.07, 6.45) is 0. The second-order valence-corrected chi connectivity index (χ2v) is 5.90. The topological polar surface area (TPSA) is 64.9 Å². The van der Waals surface area contributed by atoms with Gasteiger partial charge >= 0.3 is 0 Å². The van der Waals surface area contributed by atoms with Crippen molar-refractivity contribution in [1.82, 2.24) is 9.80 Å². The van der Waals surface area contributed by atoms with E-state index in [-0.39, 0.29) is 11.8 Å². The number of rotatable bonds is 4. The van der Waals surface area contributed by atoms with Crippen LogP contribution >= 0.6 is 0 Å². The van der Waals surface area contributed by atoms with E-state index in [2.05, 4.69) is 10.2 Å². The van der Waals surface area contributed by atoms with Crippen LogP contribution in [0, 0.1) is 0 Å². The highest BCUT2D eigenvalue weighted by Gasteiger charge is 2.40. The maximum atomic E-state index is 11.9. The molecule has 2 rings (SSSR count). The summed E-state index contributed by atoms with van der Waals surface area (Å²) in [5.74, 6) is -0.0533. The maximum absolute atomic E-state index is 11.9. The second-order valence-electron chi connectivity index (χ2n) is 5.90. The van der Waals surface area contributed by atoms with Crippen molar-refractivity contribution in [1.29, 1.82) is 0 Å². The van der Waals surface area contributed by atoms with Crippen molar-refractivity contribution in [2.45, 2.75) is 38.8 Å². The molecular weight excluding hydrogens is 232 g/mol. The fraction of sp³-hybridized carbons (Fsp3) is 0.833. The Kier molecular flexibility index (Phi) is 2.91. The van der Waals surface area contributed by atoms with Crippen molar-refractivity contribution in [3.8, 4) is 0 Å². The fourth-order valence-corrected chi connectivity index (χ4v) is 1.62. The highest BCUT2D eigenvalue weighted by molar-refractivity contribution is 5.88. The van der Waals surface area contributed by atoms with Crippen LogP contribution in [0.2, 0.25) is 0 Å². The molecule has 6 nitrogen and oxygen atoms in total. The number of carbonyl (C=O) groups excluding carboxylic acids is 2. The first-order chi connectivity index (χ1) is 8.24. The van der Waals surface area contributed by atoms with Gasteiger partial charge in [-0.2, -0.15) is 10.2 Å². The number of hydrogen-bond acceptors (Lipinski definition) is 4. The number of hydrogen-bond donors (Lipinski definition) is 0. The summed E-state index contributed by atoms with van der Waals surface area (Å²) in [6, 6.07) is 0. The molecule has 2 amide bonds. The Balaban J connectivity index is 2.03. The van der Waals surface area contributed by atoms with Crippen molar-refractivity contribution in [3.05, 3.63) is 0 Å². The predicted molar refractivity (Wildman–Crippen MR) is 66.2 cm³/mol. The molecule has 0 aliphatic carbocycles. The van der Waals surface area contributed by atoms with E-state index >= 15 is 0 Å². The average Bonchev–Trinajstić information content (AvgIpc) is 3.17. The Hall–Kier alpha value is -1.46. The minimum Gasteiger partial charge on any atom is -0.337 e. The third-order valence-corrected chi connectivity index (χ3v) is 3.07. The first-order valence-corrected chi connectivity index (χ1v) is 6.27. The molecule has 6 heteroatoms. The second kappa shape index (κ2) is 4.03. The van der Waals surface area contributed by atoms with Gasteiger partial charge in [0, 0.05) is 26.2 Å². The van der Waals surface area contributed by atoms with E-state index in [0.29, 0.717) is 0 Å². The first kappa shape index (κ1) is 13.0. The monoisotopic (exact) mass is 252 g/mol. The number of azo groups is 1. The summed E-state index contributed by atoms with van der Waals surface area (Å²) in [5.41, 5.74) is -1.76. The normalized spacial score (nSPS) is 19.3. The molecule has 2 saturated heterocycles. The number of nitrogens with zero attached hydrogens (tertiary/aromatic N) is 4. The molecule has 0 aromatic rings. The maximum Gasteiger partial charge on any atom is 0.251 e. The molecule has 2 heterocycles. The molecule has 2 aliphatic rings. The molecule has 2 fully saturated rings. The molecule has 0 spiro atoms. The Morgan fingerprint density at radius 2 is 1.06 bits per heavy atom. The van der Waals surface area contributed by atoms with Crippen molar-refractivity contribution in [2.24, 2.45) is 10.2 Å². The summed E-state index contributed by atoms with van der Waals surface area (Å²) < 4.78 is 0. The largest absolute Gasteiger partial charge is 0.337 e. The molecule has 0 N–H and O–H groups in total. The van der Waals surface area contributed by atoms with Gasteiger partial charge in [0.05, 0.1) is 0 Å². The quantitative estimate of drug-likeness (QED) is 0.545. The molecule has 0 atom stereocenters. The van der Waals surface area contributed by atoms with Crippen LogP contribution in [0.4, 0.5) is 0 Å². The lowest BCUT2D eigenvalue weighted by Gasteiger charge is -2.21. The SMILES string of the molecule is CC(C)(N=NC(C)(C)C(=O)N1CC1)C(=O)N1CC1. The fourth-order valence-electron chi connectivity index (χ4n) is 1.62. The smallest absolute Gasteiger partial charge is 0.251 e. The average molecular weight is 252 g/mol. The van der Waals surface area contributed by atoms with Crippen LogP contribution in [0.25, 0.3) is 0 Å². The van der Waals surface area contributed by atoms with Crippen molar-refractivity contribution < 1.29 is 9.59 Å². The van der Waals surface area contributed by atoms with Crippen molar-refractivity contribution in [3.63, 3.8) is 0 Å². The van der Waals surface area contributed by atoms with Crippen LogP contribution in [-0.2, 0) is 9.59 Å². The Bertz CT molecular complexity index is 368. The van der Waals surface area contributed by atoms with Crippen LogP contribution in [-0.4, -0.2) is 58.9 Å². The van der Waals surface area contributed by atoms with Gasteiger partial charge in [0.1, 0.15) is 0 Å². The Morgan fingerprint density at radius 1 is 0.778 bits per heavy atom. The van der Waals surface area contributed by atoms with Crippen LogP contribution in [0.5, 0.6) is 0 Å². The van der Waals surface area contributed by atoms with Crippen LogP contribution in [0.3, 0.4) is 0 Å². The lowest BCUT2D eigenvalue weighted by molar-refractivity contribution is -0.132. The van der Waals surface area contributed by atoms with E-state index in [1.807, 2.05) is 0 Å². The van der Waals surface area contributed by atoms with E-state index < -0.39 is 11.1 Å². The summed E-state index contributed by atoms with van der Waals surface area (Å²) in [5, 5.41) is 8.21. The highest BCUT2D eigenvalue weighted by atomic mass is 16.2. The molecular formula is C12H20N4O2. The number of carbonyl (C=O) groups is 2. The van der Waals surface area contributed by atoms with Gasteiger partial charge in [0.25, 0.3) is 11.8 Å². The molecule has 0 unspecified atom stereocenters. The summed E-state index contributed by atoms with van der Waals surface area (Å²) in [6.45, 7) is 10.1. The van der Waals surface area contributed by atoms with E-state index in [1.165, 1.54) is 0 Å². The molecule has 0 aromatic carbocycles. The molecule has 0 saturated carbocycles. The Morgan fingerprint density at radius 3 is 1.28 bits per heavy atom. The van der Waals surface area contributed by atoms with Gasteiger partial charge in [0.2, 0.25) is 0 Å². The first-order valence-electron chi connectivity index (χ1n) is 6.27. The van der Waals surface area contributed by atoms with Gasteiger partial charge in [-0.15, -0.1) is 0 Å². The summed E-state index contributed by atoms with van der Waals surface area (Å²) >= 11 is 0. The third kappa shape index (κ3) is 2.68. The zero-order valence-corrected chi connectivity index (χ0v) is 11.4.